The SMILES string of the molecule is O=c1ccn(C2O[C@H](CO/C=C/Br)[C@@H](O)[C@@H]2O)c(=O)[nH]1. The van der Waals surface area contributed by atoms with Crippen LogP contribution in [-0.4, -0.2) is 44.7 Å². The summed E-state index contributed by atoms with van der Waals surface area (Å²) >= 11 is 3.01. The molecule has 9 heteroatoms. The Balaban J connectivity index is 2.17. The molecule has 1 fully saturated rings. The van der Waals surface area contributed by atoms with Gasteiger partial charge in [0.15, 0.2) is 6.23 Å². The Labute approximate surface area is 121 Å². The van der Waals surface area contributed by atoms with Gasteiger partial charge in [-0.1, -0.05) is 15.9 Å². The van der Waals surface area contributed by atoms with Crippen LogP contribution in [0.25, 0.3) is 0 Å². The van der Waals surface area contributed by atoms with Crippen LogP contribution in [-0.2, 0) is 9.47 Å². The zero-order valence-electron chi connectivity index (χ0n) is 10.2. The molecule has 0 bridgehead atoms. The molecule has 0 saturated carbocycles. The number of ether oxygens (including phenoxy) is 2. The highest BCUT2D eigenvalue weighted by molar-refractivity contribution is 9.11. The van der Waals surface area contributed by atoms with Crippen LogP contribution in [0.15, 0.2) is 33.1 Å². The summed E-state index contributed by atoms with van der Waals surface area (Å²) in [5.41, 5.74) is -1.28. The highest BCUT2D eigenvalue weighted by Crippen LogP contribution is 2.28. The Morgan fingerprint density at radius 2 is 2.20 bits per heavy atom. The summed E-state index contributed by atoms with van der Waals surface area (Å²) in [5, 5.41) is 19.8. The molecule has 0 aliphatic carbocycles. The minimum atomic E-state index is -1.31. The number of aromatic nitrogens is 2. The van der Waals surface area contributed by atoms with Gasteiger partial charge in [-0.25, -0.2) is 4.79 Å². The number of nitrogens with one attached hydrogen (secondary N) is 1. The number of rotatable bonds is 4. The minimum absolute atomic E-state index is 0.00886. The first-order valence-electron chi connectivity index (χ1n) is 5.74. The quantitative estimate of drug-likeness (QED) is 0.604. The fraction of sp³-hybridized carbons (Fsp3) is 0.455. The molecule has 3 N–H and O–H groups in total. The number of aromatic amines is 1. The first-order valence-corrected chi connectivity index (χ1v) is 6.66. The molecule has 1 unspecified atom stereocenters. The molecule has 8 nitrogen and oxygen atoms in total. The summed E-state index contributed by atoms with van der Waals surface area (Å²) in [6, 6.07) is 1.13. The third-order valence-electron chi connectivity index (χ3n) is 2.87. The number of hydrogen-bond acceptors (Lipinski definition) is 6. The monoisotopic (exact) mass is 348 g/mol. The predicted octanol–water partition coefficient (Wildman–Crippen LogP) is -0.962. The molecule has 0 radical (unpaired) electrons. The van der Waals surface area contributed by atoms with Gasteiger partial charge in [-0.05, 0) is 0 Å². The van der Waals surface area contributed by atoms with Crippen LogP contribution in [0.4, 0.5) is 0 Å². The van der Waals surface area contributed by atoms with Crippen molar-refractivity contribution in [3.63, 3.8) is 0 Å². The maximum absolute atomic E-state index is 11.6. The zero-order chi connectivity index (χ0) is 14.7. The average Bonchev–Trinajstić information content (AvgIpc) is 2.68. The summed E-state index contributed by atoms with van der Waals surface area (Å²) in [6.45, 7) is 0.00886. The van der Waals surface area contributed by atoms with Crippen LogP contribution in [0.3, 0.4) is 0 Å². The molecule has 0 spiro atoms. The van der Waals surface area contributed by atoms with E-state index in [0.717, 1.165) is 10.6 Å². The van der Waals surface area contributed by atoms with E-state index < -0.39 is 35.8 Å². The van der Waals surface area contributed by atoms with Gasteiger partial charge in [0.05, 0.1) is 6.26 Å². The first-order chi connectivity index (χ1) is 9.54. The highest BCUT2D eigenvalue weighted by atomic mass is 79.9. The molecule has 1 aliphatic heterocycles. The lowest BCUT2D eigenvalue weighted by molar-refractivity contribution is -0.0568. The molecule has 2 heterocycles. The molecule has 1 aromatic rings. The van der Waals surface area contributed by atoms with E-state index in [-0.39, 0.29) is 6.61 Å². The van der Waals surface area contributed by atoms with Crippen molar-refractivity contribution < 1.29 is 19.7 Å². The summed E-state index contributed by atoms with van der Waals surface area (Å²) in [4.78, 5) is 26.2. The molecule has 0 amide bonds. The zero-order valence-corrected chi connectivity index (χ0v) is 11.8. The van der Waals surface area contributed by atoms with Crippen molar-refractivity contribution in [1.82, 2.24) is 9.55 Å². The van der Waals surface area contributed by atoms with Gasteiger partial charge in [0, 0.05) is 17.2 Å². The fourth-order valence-corrected chi connectivity index (χ4v) is 2.06. The molecule has 110 valence electrons. The standard InChI is InChI=1S/C11H13BrN2O6/c12-2-4-19-5-6-8(16)9(17)10(20-6)14-3-1-7(15)13-11(14)18/h1-4,6,8-10,16-17H,5H2,(H,13,15,18)/b4-2+/t6-,8-,9+,10?/m1/s1. The van der Waals surface area contributed by atoms with Gasteiger partial charge >= 0.3 is 5.69 Å². The van der Waals surface area contributed by atoms with Crippen LogP contribution in [0.1, 0.15) is 6.23 Å². The van der Waals surface area contributed by atoms with Crippen LogP contribution in [0.5, 0.6) is 0 Å². The average molecular weight is 349 g/mol. The van der Waals surface area contributed by atoms with Gasteiger partial charge in [-0.2, -0.15) is 0 Å². The van der Waals surface area contributed by atoms with Gasteiger partial charge in [-0.3, -0.25) is 14.3 Å². The Bertz CT molecular complexity index is 597. The van der Waals surface area contributed by atoms with E-state index in [1.165, 1.54) is 17.4 Å². The van der Waals surface area contributed by atoms with Crippen molar-refractivity contribution in [3.8, 4) is 0 Å². The normalized spacial score (nSPS) is 29.9. The van der Waals surface area contributed by atoms with Crippen molar-refractivity contribution in [1.29, 1.82) is 0 Å². The van der Waals surface area contributed by atoms with Crippen molar-refractivity contribution in [2.75, 3.05) is 6.61 Å². The maximum atomic E-state index is 11.6. The largest absolute Gasteiger partial charge is 0.498 e. The number of aliphatic hydroxyl groups excluding tert-OH is 2. The molecule has 1 aliphatic rings. The number of aliphatic hydroxyl groups is 2. The second kappa shape index (κ2) is 6.35. The van der Waals surface area contributed by atoms with Crippen LogP contribution in [0, 0.1) is 0 Å². The summed E-state index contributed by atoms with van der Waals surface area (Å²) in [6.07, 6.45) is -1.85. The lowest BCUT2D eigenvalue weighted by Gasteiger charge is -2.16. The van der Waals surface area contributed by atoms with E-state index in [1.54, 1.807) is 0 Å². The Morgan fingerprint density at radius 3 is 2.85 bits per heavy atom. The third-order valence-corrected chi connectivity index (χ3v) is 3.09. The summed E-state index contributed by atoms with van der Waals surface area (Å²) < 4.78 is 11.5. The van der Waals surface area contributed by atoms with Crippen LogP contribution < -0.4 is 11.2 Å². The van der Waals surface area contributed by atoms with Crippen molar-refractivity contribution in [2.45, 2.75) is 24.5 Å². The van der Waals surface area contributed by atoms with E-state index in [9.17, 15) is 19.8 Å². The van der Waals surface area contributed by atoms with Gasteiger partial charge < -0.3 is 19.7 Å². The lowest BCUT2D eigenvalue weighted by atomic mass is 10.1. The molecule has 1 aromatic heterocycles. The molecule has 20 heavy (non-hydrogen) atoms. The molecule has 2 rings (SSSR count). The molecule has 4 atom stereocenters. The van der Waals surface area contributed by atoms with E-state index in [1.807, 2.05) is 4.98 Å². The van der Waals surface area contributed by atoms with E-state index in [0.29, 0.717) is 0 Å². The Kier molecular flexibility index (Phi) is 4.76. The molecule has 1 saturated heterocycles. The van der Waals surface area contributed by atoms with Gasteiger partial charge in [0.1, 0.15) is 24.9 Å². The van der Waals surface area contributed by atoms with Crippen LogP contribution in [0.2, 0.25) is 0 Å². The fourth-order valence-electron chi connectivity index (χ4n) is 1.91. The minimum Gasteiger partial charge on any atom is -0.498 e. The topological polar surface area (TPSA) is 114 Å². The van der Waals surface area contributed by atoms with Gasteiger partial charge in [-0.15, -0.1) is 0 Å². The smallest absolute Gasteiger partial charge is 0.330 e. The number of H-pyrrole nitrogens is 1. The maximum Gasteiger partial charge on any atom is 0.330 e. The highest BCUT2D eigenvalue weighted by Gasteiger charge is 2.44. The van der Waals surface area contributed by atoms with Gasteiger partial charge in [0.2, 0.25) is 0 Å². The summed E-state index contributed by atoms with van der Waals surface area (Å²) in [7, 11) is 0. The third kappa shape index (κ3) is 3.01. The number of halogens is 1. The molecular weight excluding hydrogens is 336 g/mol. The second-order valence-electron chi connectivity index (χ2n) is 4.16. The Hall–Kier alpha value is -1.42. The number of hydrogen-bond donors (Lipinski definition) is 3. The lowest BCUT2D eigenvalue weighted by Crippen LogP contribution is -2.37. The molecular formula is C11H13BrN2O6. The van der Waals surface area contributed by atoms with Crippen molar-refractivity contribution >= 4 is 15.9 Å². The number of nitrogens with zero attached hydrogens (tertiary/aromatic N) is 1. The van der Waals surface area contributed by atoms with E-state index >= 15 is 0 Å². The summed E-state index contributed by atoms with van der Waals surface area (Å²) in [5.74, 6) is 0. The van der Waals surface area contributed by atoms with Crippen molar-refractivity contribution in [2.24, 2.45) is 0 Å². The first kappa shape index (κ1) is 15.0. The predicted molar refractivity (Wildman–Crippen MR) is 71.3 cm³/mol. The van der Waals surface area contributed by atoms with Crippen LogP contribution >= 0.6 is 15.9 Å². The van der Waals surface area contributed by atoms with E-state index in [2.05, 4.69) is 15.9 Å². The Morgan fingerprint density at radius 1 is 1.45 bits per heavy atom. The van der Waals surface area contributed by atoms with Gasteiger partial charge in [0.25, 0.3) is 5.56 Å². The van der Waals surface area contributed by atoms with Crippen molar-refractivity contribution in [3.05, 3.63) is 44.3 Å². The van der Waals surface area contributed by atoms with E-state index in [4.69, 9.17) is 9.47 Å². The molecule has 0 aromatic carbocycles. The second-order valence-corrected chi connectivity index (χ2v) is 4.69.